The molecule has 16 nitrogen and oxygen atoms in total. The van der Waals surface area contributed by atoms with Crippen LogP contribution in [0.25, 0.3) is 22.0 Å². The number of carbonyl (C=O) groups is 4. The lowest BCUT2D eigenvalue weighted by Gasteiger charge is -2.43. The Bertz CT molecular complexity index is 2450. The maximum absolute atomic E-state index is 15.3. The number of anilines is 1. The van der Waals surface area contributed by atoms with E-state index in [1.807, 2.05) is 49.4 Å². The molecule has 3 N–H and O–H groups in total. The van der Waals surface area contributed by atoms with Crippen LogP contribution in [0.15, 0.2) is 60.7 Å². The zero-order valence-corrected chi connectivity index (χ0v) is 38.9. The van der Waals surface area contributed by atoms with E-state index in [0.717, 1.165) is 36.1 Å². The van der Waals surface area contributed by atoms with Gasteiger partial charge in [0.15, 0.2) is 0 Å². The van der Waals surface area contributed by atoms with Gasteiger partial charge in [-0.3, -0.25) is 24.0 Å². The van der Waals surface area contributed by atoms with Crippen molar-refractivity contribution in [3.63, 3.8) is 0 Å². The van der Waals surface area contributed by atoms with Crippen LogP contribution >= 0.6 is 0 Å². The van der Waals surface area contributed by atoms with E-state index in [1.165, 1.54) is 9.80 Å². The minimum absolute atomic E-state index is 0.0198. The molecule has 65 heavy (non-hydrogen) atoms. The summed E-state index contributed by atoms with van der Waals surface area (Å²) in [6, 6.07) is 13.2. The molecule has 0 radical (unpaired) electrons. The van der Waals surface area contributed by atoms with E-state index in [-0.39, 0.29) is 31.2 Å². The first kappa shape index (κ1) is 46.1. The Morgan fingerprint density at radius 2 is 1.74 bits per heavy atom. The average Bonchev–Trinajstić information content (AvgIpc) is 4.20. The number of pyridine rings is 1. The molecule has 3 aromatic rings. The van der Waals surface area contributed by atoms with Gasteiger partial charge in [-0.1, -0.05) is 38.1 Å². The topological polar surface area (TPSA) is 197 Å². The molecule has 2 aromatic carbocycles. The first-order valence-corrected chi connectivity index (χ1v) is 24.4. The quantitative estimate of drug-likeness (QED) is 0.221. The molecule has 7 atom stereocenters. The first-order chi connectivity index (χ1) is 30.9. The Kier molecular flexibility index (Phi) is 12.8. The van der Waals surface area contributed by atoms with Crippen molar-refractivity contribution in [2.45, 2.75) is 114 Å². The van der Waals surface area contributed by atoms with Crippen LogP contribution in [0.5, 0.6) is 11.6 Å². The van der Waals surface area contributed by atoms with Gasteiger partial charge in [0.1, 0.15) is 29.5 Å². The third-order valence-corrected chi connectivity index (χ3v) is 15.4. The fourth-order valence-electron chi connectivity index (χ4n) is 9.86. The van der Waals surface area contributed by atoms with Crippen molar-refractivity contribution in [1.29, 1.82) is 0 Å². The highest BCUT2D eigenvalue weighted by Gasteiger charge is 2.62. The molecule has 0 unspecified atom stereocenters. The Morgan fingerprint density at radius 3 is 2.40 bits per heavy atom. The van der Waals surface area contributed by atoms with E-state index in [4.69, 9.17) is 19.2 Å². The monoisotopic (exact) mass is 914 g/mol. The first-order valence-electron chi connectivity index (χ1n) is 22.8. The van der Waals surface area contributed by atoms with Crippen molar-refractivity contribution in [2.75, 3.05) is 44.9 Å². The SMILES string of the molecule is COc1ccc2c(O[C@@H]3C[C@H]4C(=O)N[C@]5(C(=O)NS(=O)(=O)C6CC6)C[C@H]5/C=C\CC[C@H](C)C[C@@H](C)[C@H](N(C(=O)O)C(C)(C)C)C(=O)N4C3)nc(-c3ccc(N4CCOCC4)cc3)cc2c1. The second-order valence-electron chi connectivity index (χ2n) is 19.6. The number of benzene rings is 2. The lowest BCUT2D eigenvalue weighted by atomic mass is 9.85. The summed E-state index contributed by atoms with van der Waals surface area (Å²) in [6.07, 6.45) is 4.71. The minimum atomic E-state index is -3.95. The molecule has 4 heterocycles. The van der Waals surface area contributed by atoms with Crippen LogP contribution in [0.4, 0.5) is 10.5 Å². The van der Waals surface area contributed by atoms with Crippen molar-refractivity contribution < 1.29 is 46.9 Å². The number of morpholine rings is 1. The normalized spacial score (nSPS) is 28.2. The van der Waals surface area contributed by atoms with Crippen LogP contribution < -0.4 is 24.4 Å². The van der Waals surface area contributed by atoms with E-state index in [9.17, 15) is 27.9 Å². The van der Waals surface area contributed by atoms with E-state index in [0.29, 0.717) is 55.7 Å². The summed E-state index contributed by atoms with van der Waals surface area (Å²) in [5.74, 6) is -1.97. The van der Waals surface area contributed by atoms with Crippen LogP contribution in [0, 0.1) is 17.8 Å². The average molecular weight is 915 g/mol. The van der Waals surface area contributed by atoms with E-state index in [2.05, 4.69) is 34.0 Å². The number of fused-ring (bicyclic) bond motifs is 3. The Labute approximate surface area is 381 Å². The number of ether oxygens (including phenoxy) is 3. The summed E-state index contributed by atoms with van der Waals surface area (Å²) in [7, 11) is -2.36. The number of rotatable bonds is 9. The Balaban J connectivity index is 1.17. The number of nitrogens with zero attached hydrogens (tertiary/aromatic N) is 4. The zero-order valence-electron chi connectivity index (χ0n) is 38.1. The molecule has 0 bridgehead atoms. The number of hydrogen-bond acceptors (Lipinski definition) is 11. The molecule has 3 aliphatic heterocycles. The predicted molar refractivity (Wildman–Crippen MR) is 245 cm³/mol. The summed E-state index contributed by atoms with van der Waals surface area (Å²) < 4.78 is 46.3. The molecule has 8 rings (SSSR count). The molecule has 1 aromatic heterocycles. The van der Waals surface area contributed by atoms with Gasteiger partial charge >= 0.3 is 6.09 Å². The lowest BCUT2D eigenvalue weighted by molar-refractivity contribution is -0.146. The Morgan fingerprint density at radius 1 is 1.02 bits per heavy atom. The molecule has 350 valence electrons. The standard InChI is InChI=1S/C48H62N6O10S/c1-29-9-7-8-10-33-27-48(33,45(57)51-65(60,61)37-16-17-37)50-42(55)40-26-36(28-53(40)44(56)41(30(2)23-29)54(46(58)59)47(3,4)5)64-43-38-18-15-35(62-6)24-32(38)25-39(49-43)31-11-13-34(14-12-31)52-19-21-63-22-20-52/h8,10-15,18,24-25,29-30,33,36-37,40-41H,7,9,16-17,19-23,26-28H2,1-6H3,(H,50,55)(H,51,57)(H,58,59)/b10-8-/t29-,30+,33+,36+,40-,41-,48+/m0/s1. The van der Waals surface area contributed by atoms with Gasteiger partial charge in [0.05, 0.1) is 37.8 Å². The molecular weight excluding hydrogens is 853 g/mol. The molecule has 4 fully saturated rings. The van der Waals surface area contributed by atoms with E-state index < -0.39 is 80.2 Å². The smallest absolute Gasteiger partial charge is 0.408 e. The third kappa shape index (κ3) is 9.77. The summed E-state index contributed by atoms with van der Waals surface area (Å²) in [5.41, 5.74) is -0.0248. The van der Waals surface area contributed by atoms with Gasteiger partial charge in [0.25, 0.3) is 5.91 Å². The van der Waals surface area contributed by atoms with Crippen molar-refractivity contribution in [1.82, 2.24) is 24.8 Å². The molecule has 2 saturated heterocycles. The summed E-state index contributed by atoms with van der Waals surface area (Å²) >= 11 is 0. The van der Waals surface area contributed by atoms with E-state index in [1.54, 1.807) is 33.9 Å². The largest absolute Gasteiger partial charge is 0.497 e. The van der Waals surface area contributed by atoms with Crippen molar-refractivity contribution >= 4 is 50.3 Å². The number of aromatic nitrogens is 1. The van der Waals surface area contributed by atoms with Gasteiger partial charge in [-0.05, 0) is 113 Å². The third-order valence-electron chi connectivity index (χ3n) is 13.6. The van der Waals surface area contributed by atoms with Crippen LogP contribution in [0.1, 0.15) is 79.6 Å². The number of carboxylic acid groups (broad SMARTS) is 1. The maximum Gasteiger partial charge on any atom is 0.408 e. The van der Waals surface area contributed by atoms with Gasteiger partial charge in [-0.25, -0.2) is 18.2 Å². The minimum Gasteiger partial charge on any atom is -0.497 e. The van der Waals surface area contributed by atoms with Gasteiger partial charge < -0.3 is 34.4 Å². The van der Waals surface area contributed by atoms with E-state index >= 15 is 4.79 Å². The van der Waals surface area contributed by atoms with Crippen LogP contribution in [-0.4, -0.2) is 127 Å². The van der Waals surface area contributed by atoms with Crippen molar-refractivity contribution in [3.8, 4) is 22.9 Å². The summed E-state index contributed by atoms with van der Waals surface area (Å²) in [5, 5.41) is 14.5. The van der Waals surface area contributed by atoms with Crippen LogP contribution in [0.2, 0.25) is 0 Å². The van der Waals surface area contributed by atoms with Crippen LogP contribution in [-0.2, 0) is 29.1 Å². The number of nitrogens with one attached hydrogen (secondary N) is 2. The summed E-state index contributed by atoms with van der Waals surface area (Å²) in [4.78, 5) is 67.3. The molecule has 0 spiro atoms. The van der Waals surface area contributed by atoms with Gasteiger partial charge in [0.2, 0.25) is 27.7 Å². The van der Waals surface area contributed by atoms with Crippen molar-refractivity contribution in [3.05, 3.63) is 60.7 Å². The maximum atomic E-state index is 15.3. The number of carbonyl (C=O) groups excluding carboxylic acids is 3. The summed E-state index contributed by atoms with van der Waals surface area (Å²) in [6.45, 7) is 12.0. The molecule has 4 amide bonds. The molecular formula is C48H62N6O10S. The molecule has 2 saturated carbocycles. The number of sulfonamides is 1. The second-order valence-corrected chi connectivity index (χ2v) is 21.5. The number of allylic oxidation sites excluding steroid dienone is 1. The van der Waals surface area contributed by atoms with Gasteiger partial charge in [0, 0.05) is 47.6 Å². The molecule has 2 aliphatic carbocycles. The number of methoxy groups -OCH3 is 1. The highest BCUT2D eigenvalue weighted by atomic mass is 32.2. The molecule has 5 aliphatic rings. The van der Waals surface area contributed by atoms with Crippen molar-refractivity contribution in [2.24, 2.45) is 17.8 Å². The predicted octanol–water partition coefficient (Wildman–Crippen LogP) is 5.74. The number of amides is 4. The lowest BCUT2D eigenvalue weighted by Crippen LogP contribution is -2.62. The fourth-order valence-corrected chi connectivity index (χ4v) is 11.2. The zero-order chi connectivity index (χ0) is 46.4. The highest BCUT2D eigenvalue weighted by molar-refractivity contribution is 7.91. The highest BCUT2D eigenvalue weighted by Crippen LogP contribution is 2.46. The molecule has 17 heteroatoms. The Hall–Kier alpha value is -5.42. The second kappa shape index (κ2) is 18.1. The number of hydrogen-bond donors (Lipinski definition) is 3. The van der Waals surface area contributed by atoms with Gasteiger partial charge in [-0.2, -0.15) is 0 Å². The fraction of sp³-hybridized carbons (Fsp3) is 0.562. The van der Waals surface area contributed by atoms with Crippen LogP contribution in [0.3, 0.4) is 0 Å². The van der Waals surface area contributed by atoms with Gasteiger partial charge in [-0.15, -0.1) is 0 Å².